The Kier molecular flexibility index (Phi) is 3.82. The molecule has 0 unspecified atom stereocenters. The molecule has 5 heteroatoms. The molecule has 0 atom stereocenters. The second-order valence-corrected chi connectivity index (χ2v) is 3.80. The number of hydrogen-bond donors (Lipinski definition) is 2. The van der Waals surface area contributed by atoms with Gasteiger partial charge in [-0.05, 0) is 17.7 Å². The van der Waals surface area contributed by atoms with Gasteiger partial charge in [-0.25, -0.2) is 0 Å². The van der Waals surface area contributed by atoms with E-state index in [-0.39, 0.29) is 6.42 Å². The molecule has 2 rings (SSSR count). The molecule has 92 valence electrons. The van der Waals surface area contributed by atoms with E-state index in [1.54, 1.807) is 0 Å². The third-order valence-corrected chi connectivity index (χ3v) is 2.45. The van der Waals surface area contributed by atoms with Crippen LogP contribution in [0.2, 0.25) is 0 Å². The monoisotopic (exact) mass is 237 g/mol. The highest BCUT2D eigenvalue weighted by Crippen LogP contribution is 2.30. The summed E-state index contributed by atoms with van der Waals surface area (Å²) in [6.45, 7) is 2.25. The van der Waals surface area contributed by atoms with Gasteiger partial charge >= 0.3 is 5.97 Å². The molecule has 1 aromatic rings. The molecule has 1 aliphatic rings. The van der Waals surface area contributed by atoms with E-state index in [0.29, 0.717) is 26.3 Å². The van der Waals surface area contributed by atoms with Gasteiger partial charge in [0.15, 0.2) is 11.5 Å². The van der Waals surface area contributed by atoms with Crippen molar-refractivity contribution in [3.63, 3.8) is 0 Å². The number of ether oxygens (including phenoxy) is 2. The van der Waals surface area contributed by atoms with Crippen LogP contribution in [0.4, 0.5) is 0 Å². The van der Waals surface area contributed by atoms with Crippen LogP contribution in [0.1, 0.15) is 12.0 Å². The van der Waals surface area contributed by atoms with E-state index < -0.39 is 5.97 Å². The van der Waals surface area contributed by atoms with Crippen molar-refractivity contribution in [2.75, 3.05) is 19.8 Å². The molecule has 0 radical (unpaired) electrons. The number of rotatable bonds is 5. The van der Waals surface area contributed by atoms with Gasteiger partial charge in [-0.2, -0.15) is 0 Å². The third kappa shape index (κ3) is 3.35. The molecule has 1 aliphatic heterocycles. The summed E-state index contributed by atoms with van der Waals surface area (Å²) in [6, 6.07) is 5.74. The summed E-state index contributed by atoms with van der Waals surface area (Å²) in [5, 5.41) is 11.6. The van der Waals surface area contributed by atoms with E-state index in [4.69, 9.17) is 14.6 Å². The van der Waals surface area contributed by atoms with Gasteiger partial charge in [-0.15, -0.1) is 0 Å². The molecule has 1 aromatic carbocycles. The van der Waals surface area contributed by atoms with Gasteiger partial charge in [-0.1, -0.05) is 6.07 Å². The number of benzene rings is 1. The summed E-state index contributed by atoms with van der Waals surface area (Å²) in [5.74, 6) is 0.735. The van der Waals surface area contributed by atoms with E-state index in [1.165, 1.54) is 0 Å². The molecule has 1 heterocycles. The summed E-state index contributed by atoms with van der Waals surface area (Å²) >= 11 is 0. The minimum Gasteiger partial charge on any atom is -0.486 e. The average molecular weight is 237 g/mol. The quantitative estimate of drug-likeness (QED) is 0.748. The smallest absolute Gasteiger partial charge is 0.304 e. The Morgan fingerprint density at radius 2 is 2.06 bits per heavy atom. The molecule has 0 spiro atoms. The van der Waals surface area contributed by atoms with Crippen LogP contribution in [0, 0.1) is 0 Å². The van der Waals surface area contributed by atoms with Gasteiger partial charge in [0.25, 0.3) is 0 Å². The molecule has 2 N–H and O–H groups in total. The van der Waals surface area contributed by atoms with E-state index in [1.807, 2.05) is 18.2 Å². The number of nitrogens with one attached hydrogen (secondary N) is 1. The second-order valence-electron chi connectivity index (χ2n) is 3.80. The summed E-state index contributed by atoms with van der Waals surface area (Å²) in [7, 11) is 0. The zero-order chi connectivity index (χ0) is 12.1. The first kappa shape index (κ1) is 11.7. The molecule has 0 saturated heterocycles. The minimum absolute atomic E-state index is 0.130. The predicted octanol–water partition coefficient (Wildman–Crippen LogP) is 1.02. The normalized spacial score (nSPS) is 13.4. The van der Waals surface area contributed by atoms with Gasteiger partial charge in [0.05, 0.1) is 6.42 Å². The van der Waals surface area contributed by atoms with Crippen molar-refractivity contribution >= 4 is 5.97 Å². The minimum atomic E-state index is -0.792. The Bertz CT molecular complexity index is 405. The van der Waals surface area contributed by atoms with Crippen molar-refractivity contribution in [2.45, 2.75) is 13.0 Å². The molecule has 5 nitrogen and oxygen atoms in total. The molecule has 0 amide bonds. The van der Waals surface area contributed by atoms with Crippen molar-refractivity contribution in [2.24, 2.45) is 0 Å². The fourth-order valence-electron chi connectivity index (χ4n) is 1.63. The van der Waals surface area contributed by atoms with Gasteiger partial charge in [0, 0.05) is 13.1 Å². The maximum absolute atomic E-state index is 10.3. The van der Waals surface area contributed by atoms with Crippen molar-refractivity contribution in [3.8, 4) is 11.5 Å². The molecule has 17 heavy (non-hydrogen) atoms. The first-order valence-corrected chi connectivity index (χ1v) is 5.57. The van der Waals surface area contributed by atoms with Crippen LogP contribution in [0.15, 0.2) is 18.2 Å². The van der Waals surface area contributed by atoms with Crippen LogP contribution in [-0.4, -0.2) is 30.8 Å². The first-order chi connectivity index (χ1) is 8.25. The number of carboxylic acids is 1. The zero-order valence-electron chi connectivity index (χ0n) is 9.44. The van der Waals surface area contributed by atoms with Gasteiger partial charge in [0.2, 0.25) is 0 Å². The lowest BCUT2D eigenvalue weighted by Crippen LogP contribution is -2.18. The van der Waals surface area contributed by atoms with Crippen LogP contribution in [-0.2, 0) is 11.3 Å². The summed E-state index contributed by atoms with van der Waals surface area (Å²) in [5.41, 5.74) is 1.06. The predicted molar refractivity (Wildman–Crippen MR) is 61.4 cm³/mol. The lowest BCUT2D eigenvalue weighted by Gasteiger charge is -2.18. The lowest BCUT2D eigenvalue weighted by atomic mass is 10.2. The fraction of sp³-hybridized carbons (Fsp3) is 0.417. The molecular weight excluding hydrogens is 222 g/mol. The maximum atomic E-state index is 10.3. The first-order valence-electron chi connectivity index (χ1n) is 5.57. The van der Waals surface area contributed by atoms with Crippen LogP contribution in [0.25, 0.3) is 0 Å². The number of aliphatic carboxylic acids is 1. The lowest BCUT2D eigenvalue weighted by molar-refractivity contribution is -0.136. The largest absolute Gasteiger partial charge is 0.486 e. The van der Waals surface area contributed by atoms with Gasteiger partial charge < -0.3 is 19.9 Å². The highest BCUT2D eigenvalue weighted by molar-refractivity contribution is 5.66. The summed E-state index contributed by atoms with van der Waals surface area (Å²) in [6.07, 6.45) is 0.130. The van der Waals surface area contributed by atoms with Crippen LogP contribution in [0.3, 0.4) is 0 Å². The maximum Gasteiger partial charge on any atom is 0.304 e. The van der Waals surface area contributed by atoms with Crippen molar-refractivity contribution < 1.29 is 19.4 Å². The Morgan fingerprint density at radius 1 is 1.29 bits per heavy atom. The zero-order valence-corrected chi connectivity index (χ0v) is 9.44. The van der Waals surface area contributed by atoms with E-state index in [9.17, 15) is 4.79 Å². The number of carboxylic acid groups (broad SMARTS) is 1. The molecule has 0 saturated carbocycles. The van der Waals surface area contributed by atoms with E-state index in [0.717, 1.165) is 17.1 Å². The van der Waals surface area contributed by atoms with Crippen LogP contribution in [0.5, 0.6) is 11.5 Å². The van der Waals surface area contributed by atoms with Crippen molar-refractivity contribution in [3.05, 3.63) is 23.8 Å². The van der Waals surface area contributed by atoms with E-state index in [2.05, 4.69) is 5.32 Å². The Hall–Kier alpha value is -1.75. The number of fused-ring (bicyclic) bond motifs is 1. The fourth-order valence-corrected chi connectivity index (χ4v) is 1.63. The number of carbonyl (C=O) groups is 1. The van der Waals surface area contributed by atoms with Gasteiger partial charge in [0.1, 0.15) is 13.2 Å². The topological polar surface area (TPSA) is 67.8 Å². The van der Waals surface area contributed by atoms with Crippen LogP contribution < -0.4 is 14.8 Å². The highest BCUT2D eigenvalue weighted by Gasteiger charge is 2.11. The van der Waals surface area contributed by atoms with Crippen molar-refractivity contribution in [1.29, 1.82) is 0 Å². The Labute approximate surface area is 99.3 Å². The third-order valence-electron chi connectivity index (χ3n) is 2.45. The average Bonchev–Trinajstić information content (AvgIpc) is 2.34. The van der Waals surface area contributed by atoms with Crippen molar-refractivity contribution in [1.82, 2.24) is 5.32 Å². The standard InChI is InChI=1S/C12H15NO4/c14-12(15)3-4-13-8-9-1-2-10-11(7-9)17-6-5-16-10/h1-2,7,13H,3-6,8H2,(H,14,15). The Balaban J connectivity index is 1.86. The Morgan fingerprint density at radius 3 is 2.82 bits per heavy atom. The molecule has 0 fully saturated rings. The van der Waals surface area contributed by atoms with Crippen LogP contribution >= 0.6 is 0 Å². The number of hydrogen-bond acceptors (Lipinski definition) is 4. The molecule has 0 bridgehead atoms. The molecule has 0 aliphatic carbocycles. The second kappa shape index (κ2) is 5.54. The SMILES string of the molecule is O=C(O)CCNCc1ccc2c(c1)OCCO2. The van der Waals surface area contributed by atoms with E-state index >= 15 is 0 Å². The molecule has 0 aromatic heterocycles. The van der Waals surface area contributed by atoms with Gasteiger partial charge in [-0.3, -0.25) is 4.79 Å². The summed E-state index contributed by atoms with van der Waals surface area (Å²) in [4.78, 5) is 10.3. The molecular formula is C12H15NO4. The summed E-state index contributed by atoms with van der Waals surface area (Å²) < 4.78 is 10.9. The highest BCUT2D eigenvalue weighted by atomic mass is 16.6.